The van der Waals surface area contributed by atoms with E-state index in [4.69, 9.17) is 4.74 Å². The summed E-state index contributed by atoms with van der Waals surface area (Å²) in [6.45, 7) is 2.52. The van der Waals surface area contributed by atoms with Crippen molar-refractivity contribution in [3.63, 3.8) is 0 Å². The lowest BCUT2D eigenvalue weighted by Crippen LogP contribution is -2.29. The van der Waals surface area contributed by atoms with E-state index in [2.05, 4.69) is 10.3 Å². The first-order valence-electron chi connectivity index (χ1n) is 11.5. The number of nitrogens with zero attached hydrogens (tertiary/aromatic N) is 3. The summed E-state index contributed by atoms with van der Waals surface area (Å²) in [5.74, 6) is 0.148. The normalized spacial score (nSPS) is 11.2. The molecule has 1 N–H and O–H groups in total. The summed E-state index contributed by atoms with van der Waals surface area (Å²) in [7, 11) is 1.60. The van der Waals surface area contributed by atoms with Crippen LogP contribution in [0, 0.1) is 12.7 Å². The van der Waals surface area contributed by atoms with Gasteiger partial charge in [-0.1, -0.05) is 35.9 Å². The molecular formula is C28H25FN4O3. The largest absolute Gasteiger partial charge is 0.497 e. The van der Waals surface area contributed by atoms with Crippen molar-refractivity contribution in [3.05, 3.63) is 106 Å². The molecule has 8 heteroatoms. The standard InChI is InChI=1S/C28H25FN4O3/c1-18-3-12-24-23(13-18)26-27(33(24)16-25(34)30-14-19-4-8-21(29)9-5-19)28(35)32(17-31-26)15-20-6-10-22(36-2)11-7-20/h3-13,17H,14-16H2,1-2H3,(H,30,34). The summed E-state index contributed by atoms with van der Waals surface area (Å²) in [6.07, 6.45) is 1.55. The van der Waals surface area contributed by atoms with Crippen LogP contribution in [-0.2, 0) is 24.4 Å². The Kier molecular flexibility index (Phi) is 6.25. The first-order valence-corrected chi connectivity index (χ1v) is 11.5. The molecule has 0 spiro atoms. The average Bonchev–Trinajstić information content (AvgIpc) is 3.18. The lowest BCUT2D eigenvalue weighted by molar-refractivity contribution is -0.121. The molecule has 182 valence electrons. The van der Waals surface area contributed by atoms with Gasteiger partial charge < -0.3 is 14.6 Å². The number of hydrogen-bond donors (Lipinski definition) is 1. The van der Waals surface area contributed by atoms with E-state index in [1.165, 1.54) is 12.1 Å². The van der Waals surface area contributed by atoms with E-state index in [9.17, 15) is 14.0 Å². The minimum absolute atomic E-state index is 0.0479. The molecule has 0 atom stereocenters. The van der Waals surface area contributed by atoms with Gasteiger partial charge in [-0.05, 0) is 54.4 Å². The Balaban J connectivity index is 1.51. The molecule has 2 heterocycles. The average molecular weight is 485 g/mol. The van der Waals surface area contributed by atoms with Crippen molar-refractivity contribution >= 4 is 27.8 Å². The minimum atomic E-state index is -0.330. The molecule has 0 aliphatic carbocycles. The van der Waals surface area contributed by atoms with E-state index in [0.717, 1.165) is 33.3 Å². The van der Waals surface area contributed by atoms with Gasteiger partial charge in [-0.25, -0.2) is 9.37 Å². The number of hydrogen-bond acceptors (Lipinski definition) is 4. The van der Waals surface area contributed by atoms with Gasteiger partial charge in [-0.15, -0.1) is 0 Å². The van der Waals surface area contributed by atoms with Crippen LogP contribution in [0.25, 0.3) is 21.9 Å². The lowest BCUT2D eigenvalue weighted by atomic mass is 10.1. The zero-order valence-corrected chi connectivity index (χ0v) is 20.0. The number of carbonyl (C=O) groups excluding carboxylic acids is 1. The summed E-state index contributed by atoms with van der Waals surface area (Å²) in [4.78, 5) is 31.2. The highest BCUT2D eigenvalue weighted by molar-refractivity contribution is 6.06. The van der Waals surface area contributed by atoms with E-state index in [1.54, 1.807) is 34.7 Å². The summed E-state index contributed by atoms with van der Waals surface area (Å²) >= 11 is 0. The van der Waals surface area contributed by atoms with Crippen molar-refractivity contribution in [2.24, 2.45) is 0 Å². The molecule has 0 aliphatic rings. The SMILES string of the molecule is COc1ccc(Cn2cnc3c4cc(C)ccc4n(CC(=O)NCc4ccc(F)cc4)c3c2=O)cc1. The van der Waals surface area contributed by atoms with Gasteiger partial charge in [0, 0.05) is 11.9 Å². The van der Waals surface area contributed by atoms with Gasteiger partial charge in [0.05, 0.1) is 25.5 Å². The van der Waals surface area contributed by atoms with E-state index in [0.29, 0.717) is 17.6 Å². The Labute approximate surface area is 206 Å². The Morgan fingerprint density at radius 1 is 1.03 bits per heavy atom. The van der Waals surface area contributed by atoms with Crippen LogP contribution in [0.1, 0.15) is 16.7 Å². The quantitative estimate of drug-likeness (QED) is 0.376. The number of nitrogens with one attached hydrogen (secondary N) is 1. The van der Waals surface area contributed by atoms with E-state index in [-0.39, 0.29) is 30.4 Å². The Hall–Kier alpha value is -4.46. The van der Waals surface area contributed by atoms with Gasteiger partial charge in [0.2, 0.25) is 5.91 Å². The molecule has 0 bridgehead atoms. The zero-order chi connectivity index (χ0) is 25.2. The fraction of sp³-hybridized carbons (Fsp3) is 0.179. The van der Waals surface area contributed by atoms with Gasteiger partial charge in [-0.2, -0.15) is 0 Å². The molecule has 5 aromatic rings. The Bertz CT molecular complexity index is 1620. The second-order valence-electron chi connectivity index (χ2n) is 8.73. The van der Waals surface area contributed by atoms with E-state index in [1.807, 2.05) is 49.4 Å². The second kappa shape index (κ2) is 9.65. The van der Waals surface area contributed by atoms with Crippen LogP contribution in [0.4, 0.5) is 4.39 Å². The lowest BCUT2D eigenvalue weighted by Gasteiger charge is -2.10. The predicted octanol–water partition coefficient (Wildman–Crippen LogP) is 4.17. The van der Waals surface area contributed by atoms with Crippen molar-refractivity contribution in [2.75, 3.05) is 7.11 Å². The zero-order valence-electron chi connectivity index (χ0n) is 20.0. The fourth-order valence-electron chi connectivity index (χ4n) is 4.32. The Morgan fingerprint density at radius 3 is 2.47 bits per heavy atom. The highest BCUT2D eigenvalue weighted by atomic mass is 19.1. The molecule has 0 unspecified atom stereocenters. The molecule has 0 saturated carbocycles. The number of carbonyl (C=O) groups is 1. The summed E-state index contributed by atoms with van der Waals surface area (Å²) in [5.41, 5.74) is 4.22. The number of aryl methyl sites for hydroxylation is 1. The van der Waals surface area contributed by atoms with E-state index >= 15 is 0 Å². The number of aromatic nitrogens is 3. The van der Waals surface area contributed by atoms with Crippen molar-refractivity contribution < 1.29 is 13.9 Å². The van der Waals surface area contributed by atoms with Gasteiger partial charge >= 0.3 is 0 Å². The van der Waals surface area contributed by atoms with Gasteiger partial charge in [-0.3, -0.25) is 14.2 Å². The number of ether oxygens (including phenoxy) is 1. The number of amides is 1. The third-order valence-electron chi connectivity index (χ3n) is 6.20. The first-order chi connectivity index (χ1) is 17.4. The van der Waals surface area contributed by atoms with Crippen LogP contribution in [0.2, 0.25) is 0 Å². The van der Waals surface area contributed by atoms with Crippen LogP contribution in [-0.4, -0.2) is 27.1 Å². The molecule has 0 fully saturated rings. The second-order valence-corrected chi connectivity index (χ2v) is 8.73. The maximum atomic E-state index is 13.6. The number of halogens is 1. The highest BCUT2D eigenvalue weighted by Gasteiger charge is 2.18. The van der Waals surface area contributed by atoms with Crippen LogP contribution in [0.3, 0.4) is 0 Å². The molecule has 0 saturated heterocycles. The molecule has 3 aromatic carbocycles. The molecule has 0 aliphatic heterocycles. The van der Waals surface area contributed by atoms with Crippen LogP contribution in [0.15, 0.2) is 77.9 Å². The maximum Gasteiger partial charge on any atom is 0.278 e. The summed E-state index contributed by atoms with van der Waals surface area (Å²) in [6, 6.07) is 19.3. The minimum Gasteiger partial charge on any atom is -0.497 e. The molecule has 0 radical (unpaired) electrons. The van der Waals surface area contributed by atoms with Crippen LogP contribution < -0.4 is 15.6 Å². The van der Waals surface area contributed by atoms with Gasteiger partial charge in [0.1, 0.15) is 29.1 Å². The molecule has 2 aromatic heterocycles. The number of rotatable bonds is 7. The number of fused-ring (bicyclic) bond motifs is 3. The molecule has 1 amide bonds. The molecular weight excluding hydrogens is 459 g/mol. The topological polar surface area (TPSA) is 78.2 Å². The number of methoxy groups -OCH3 is 1. The van der Waals surface area contributed by atoms with Gasteiger partial charge in [0.15, 0.2) is 0 Å². The highest BCUT2D eigenvalue weighted by Crippen LogP contribution is 2.26. The third kappa shape index (κ3) is 4.57. The third-order valence-corrected chi connectivity index (χ3v) is 6.20. The predicted molar refractivity (Wildman–Crippen MR) is 137 cm³/mol. The van der Waals surface area contributed by atoms with Crippen LogP contribution >= 0.6 is 0 Å². The van der Waals surface area contributed by atoms with Crippen molar-refractivity contribution in [2.45, 2.75) is 26.6 Å². The molecule has 7 nitrogen and oxygen atoms in total. The van der Waals surface area contributed by atoms with Crippen molar-refractivity contribution in [1.29, 1.82) is 0 Å². The summed E-state index contributed by atoms with van der Waals surface area (Å²) < 4.78 is 21.7. The van der Waals surface area contributed by atoms with E-state index < -0.39 is 0 Å². The van der Waals surface area contributed by atoms with Crippen molar-refractivity contribution in [1.82, 2.24) is 19.4 Å². The molecule has 5 rings (SSSR count). The molecule has 36 heavy (non-hydrogen) atoms. The smallest absolute Gasteiger partial charge is 0.278 e. The first kappa shape index (κ1) is 23.3. The van der Waals surface area contributed by atoms with Crippen LogP contribution in [0.5, 0.6) is 5.75 Å². The monoisotopic (exact) mass is 484 g/mol. The summed E-state index contributed by atoms with van der Waals surface area (Å²) in [5, 5.41) is 3.68. The number of benzene rings is 3. The Morgan fingerprint density at radius 2 is 1.75 bits per heavy atom. The van der Waals surface area contributed by atoms with Crippen molar-refractivity contribution in [3.8, 4) is 5.75 Å². The maximum absolute atomic E-state index is 13.6. The fourth-order valence-corrected chi connectivity index (χ4v) is 4.32. The van der Waals surface area contributed by atoms with Gasteiger partial charge in [0.25, 0.3) is 5.56 Å².